The average Bonchev–Trinajstić information content (AvgIpc) is 2.28. The summed E-state index contributed by atoms with van der Waals surface area (Å²) in [6, 6.07) is 4.27. The van der Waals surface area contributed by atoms with Crippen molar-refractivity contribution in [2.24, 2.45) is 0 Å². The number of aromatic hydroxyl groups is 2. The molecule has 1 aromatic carbocycles. The fourth-order valence-electron chi connectivity index (χ4n) is 2.20. The van der Waals surface area contributed by atoms with Crippen molar-refractivity contribution < 1.29 is 15.0 Å². The van der Waals surface area contributed by atoms with Gasteiger partial charge in [-0.2, -0.15) is 0 Å². The van der Waals surface area contributed by atoms with Gasteiger partial charge in [0.1, 0.15) is 17.1 Å². The van der Waals surface area contributed by atoms with E-state index in [2.05, 4.69) is 10.6 Å². The molecule has 1 heterocycles. The van der Waals surface area contributed by atoms with Crippen molar-refractivity contribution in [3.63, 3.8) is 0 Å². The van der Waals surface area contributed by atoms with E-state index >= 15 is 0 Å². The summed E-state index contributed by atoms with van der Waals surface area (Å²) in [6.45, 7) is 3.68. The zero-order valence-electron chi connectivity index (χ0n) is 10.4. The lowest BCUT2D eigenvalue weighted by Gasteiger charge is -2.35. The number of hydrogen-bond acceptors (Lipinski definition) is 4. The van der Waals surface area contributed by atoms with Crippen molar-refractivity contribution in [1.29, 1.82) is 0 Å². The van der Waals surface area contributed by atoms with Crippen LogP contribution in [0.15, 0.2) is 18.2 Å². The number of nitrogens with one attached hydrogen (secondary N) is 2. The van der Waals surface area contributed by atoms with Crippen molar-refractivity contribution >= 4 is 5.91 Å². The highest BCUT2D eigenvalue weighted by molar-refractivity contribution is 5.99. The summed E-state index contributed by atoms with van der Waals surface area (Å²) in [6.07, 6.45) is 1.65. The summed E-state index contributed by atoms with van der Waals surface area (Å²) in [5.74, 6) is -0.843. The summed E-state index contributed by atoms with van der Waals surface area (Å²) in [4.78, 5) is 12.1. The second-order valence-electron chi connectivity index (χ2n) is 4.94. The first-order valence-electron chi connectivity index (χ1n) is 6.06. The van der Waals surface area contributed by atoms with Gasteiger partial charge < -0.3 is 20.8 Å². The molecule has 98 valence electrons. The highest BCUT2D eigenvalue weighted by Gasteiger charge is 2.30. The highest BCUT2D eigenvalue weighted by atomic mass is 16.3. The Kier molecular flexibility index (Phi) is 3.43. The summed E-state index contributed by atoms with van der Waals surface area (Å²) in [7, 11) is 0. The Morgan fingerprint density at radius 3 is 2.39 bits per heavy atom. The van der Waals surface area contributed by atoms with Gasteiger partial charge in [0.25, 0.3) is 5.91 Å². The monoisotopic (exact) mass is 250 g/mol. The first-order chi connectivity index (χ1) is 8.52. The predicted molar refractivity (Wildman–Crippen MR) is 67.7 cm³/mol. The smallest absolute Gasteiger partial charge is 0.259 e. The second kappa shape index (κ2) is 4.86. The average molecular weight is 250 g/mol. The summed E-state index contributed by atoms with van der Waals surface area (Å²) >= 11 is 0. The van der Waals surface area contributed by atoms with Crippen LogP contribution in [0.1, 0.15) is 30.1 Å². The SMILES string of the molecule is CC1(NC(=O)c2c(O)cccc2O)CCNCC1. The molecule has 5 nitrogen and oxygen atoms in total. The van der Waals surface area contributed by atoms with E-state index in [0.717, 1.165) is 25.9 Å². The summed E-state index contributed by atoms with van der Waals surface area (Å²) < 4.78 is 0. The number of carbonyl (C=O) groups excluding carboxylic acids is 1. The topological polar surface area (TPSA) is 81.6 Å². The van der Waals surface area contributed by atoms with Crippen molar-refractivity contribution in [2.75, 3.05) is 13.1 Å². The lowest BCUT2D eigenvalue weighted by atomic mass is 9.90. The molecule has 1 aromatic rings. The van der Waals surface area contributed by atoms with Crippen LogP contribution in [0, 0.1) is 0 Å². The van der Waals surface area contributed by atoms with Crippen LogP contribution in [-0.2, 0) is 0 Å². The van der Waals surface area contributed by atoms with Crippen LogP contribution >= 0.6 is 0 Å². The molecule has 0 spiro atoms. The number of amides is 1. The van der Waals surface area contributed by atoms with Crippen LogP contribution in [0.5, 0.6) is 11.5 Å². The Morgan fingerprint density at radius 2 is 1.83 bits per heavy atom. The molecule has 0 saturated carbocycles. The molecule has 1 saturated heterocycles. The zero-order chi connectivity index (χ0) is 13.2. The van der Waals surface area contributed by atoms with Crippen LogP contribution in [0.4, 0.5) is 0 Å². The van der Waals surface area contributed by atoms with Gasteiger partial charge in [-0.3, -0.25) is 4.79 Å². The molecule has 2 rings (SSSR count). The number of rotatable bonds is 2. The van der Waals surface area contributed by atoms with Crippen molar-refractivity contribution in [1.82, 2.24) is 10.6 Å². The lowest BCUT2D eigenvalue weighted by molar-refractivity contribution is 0.0882. The van der Waals surface area contributed by atoms with Gasteiger partial charge in [-0.05, 0) is 45.0 Å². The molecule has 4 N–H and O–H groups in total. The van der Waals surface area contributed by atoms with E-state index in [-0.39, 0.29) is 22.6 Å². The van der Waals surface area contributed by atoms with E-state index in [1.807, 2.05) is 6.92 Å². The first kappa shape index (κ1) is 12.7. The number of benzene rings is 1. The predicted octanol–water partition coefficient (Wildman–Crippen LogP) is 0.970. The quantitative estimate of drug-likeness (QED) is 0.630. The van der Waals surface area contributed by atoms with E-state index in [0.29, 0.717) is 0 Å². The maximum absolute atomic E-state index is 12.1. The van der Waals surface area contributed by atoms with Crippen molar-refractivity contribution in [2.45, 2.75) is 25.3 Å². The minimum Gasteiger partial charge on any atom is -0.507 e. The van der Waals surface area contributed by atoms with Crippen LogP contribution in [-0.4, -0.2) is 34.7 Å². The molecule has 0 bridgehead atoms. The molecule has 1 fully saturated rings. The molecule has 5 heteroatoms. The van der Waals surface area contributed by atoms with Crippen LogP contribution in [0.3, 0.4) is 0 Å². The van der Waals surface area contributed by atoms with E-state index in [4.69, 9.17) is 0 Å². The standard InChI is InChI=1S/C13H18N2O3/c1-13(5-7-14-8-6-13)15-12(18)11-9(16)3-2-4-10(11)17/h2-4,14,16-17H,5-8H2,1H3,(H,15,18). The molecule has 0 radical (unpaired) electrons. The highest BCUT2D eigenvalue weighted by Crippen LogP contribution is 2.27. The van der Waals surface area contributed by atoms with E-state index in [1.54, 1.807) is 0 Å². The maximum Gasteiger partial charge on any atom is 0.259 e. The molecular weight excluding hydrogens is 232 g/mol. The van der Waals surface area contributed by atoms with Gasteiger partial charge >= 0.3 is 0 Å². The van der Waals surface area contributed by atoms with Crippen LogP contribution in [0.25, 0.3) is 0 Å². The molecule has 0 atom stereocenters. The fraction of sp³-hybridized carbons (Fsp3) is 0.462. The summed E-state index contributed by atoms with van der Waals surface area (Å²) in [5.41, 5.74) is -0.353. The lowest BCUT2D eigenvalue weighted by Crippen LogP contribution is -2.52. The first-order valence-corrected chi connectivity index (χ1v) is 6.06. The molecular formula is C13H18N2O3. The van der Waals surface area contributed by atoms with Gasteiger partial charge in [0.05, 0.1) is 0 Å². The Hall–Kier alpha value is -1.75. The second-order valence-corrected chi connectivity index (χ2v) is 4.94. The van der Waals surface area contributed by atoms with Crippen LogP contribution < -0.4 is 10.6 Å². The van der Waals surface area contributed by atoms with E-state index in [1.165, 1.54) is 18.2 Å². The number of hydrogen-bond donors (Lipinski definition) is 4. The maximum atomic E-state index is 12.1. The Bertz CT molecular complexity index is 433. The third kappa shape index (κ3) is 2.56. The minimum atomic E-state index is -0.435. The largest absolute Gasteiger partial charge is 0.507 e. The number of phenols is 2. The molecule has 0 aliphatic carbocycles. The molecule has 0 unspecified atom stereocenters. The fourth-order valence-corrected chi connectivity index (χ4v) is 2.20. The minimum absolute atomic E-state index is 0.0581. The number of phenolic OH excluding ortho intramolecular Hbond substituents is 2. The normalized spacial score (nSPS) is 18.3. The number of carbonyl (C=O) groups is 1. The number of piperidine rings is 1. The van der Waals surface area contributed by atoms with Gasteiger partial charge in [0, 0.05) is 5.54 Å². The molecule has 1 aliphatic rings. The third-order valence-electron chi connectivity index (χ3n) is 3.37. The van der Waals surface area contributed by atoms with Gasteiger partial charge in [0.15, 0.2) is 0 Å². The summed E-state index contributed by atoms with van der Waals surface area (Å²) in [5, 5.41) is 25.4. The Labute approximate surface area is 106 Å². The van der Waals surface area contributed by atoms with Crippen molar-refractivity contribution in [3.8, 4) is 11.5 Å². The van der Waals surface area contributed by atoms with Gasteiger partial charge in [-0.1, -0.05) is 6.07 Å². The van der Waals surface area contributed by atoms with Gasteiger partial charge in [0.2, 0.25) is 0 Å². The zero-order valence-corrected chi connectivity index (χ0v) is 10.4. The van der Waals surface area contributed by atoms with Crippen LogP contribution in [0.2, 0.25) is 0 Å². The Morgan fingerprint density at radius 1 is 1.28 bits per heavy atom. The third-order valence-corrected chi connectivity index (χ3v) is 3.37. The van der Waals surface area contributed by atoms with E-state index in [9.17, 15) is 15.0 Å². The molecule has 1 amide bonds. The van der Waals surface area contributed by atoms with E-state index < -0.39 is 5.91 Å². The van der Waals surface area contributed by atoms with Crippen molar-refractivity contribution in [3.05, 3.63) is 23.8 Å². The Balaban J connectivity index is 2.17. The molecule has 18 heavy (non-hydrogen) atoms. The van der Waals surface area contributed by atoms with Gasteiger partial charge in [-0.25, -0.2) is 0 Å². The molecule has 0 aromatic heterocycles. The van der Waals surface area contributed by atoms with Gasteiger partial charge in [-0.15, -0.1) is 0 Å². The molecule has 1 aliphatic heterocycles.